The second-order valence-electron chi connectivity index (χ2n) is 7.60. The number of ketones is 1. The van der Waals surface area contributed by atoms with Gasteiger partial charge in [-0.1, -0.05) is 60.7 Å². The molecule has 0 unspecified atom stereocenters. The molecular weight excluding hydrogens is 362 g/mol. The summed E-state index contributed by atoms with van der Waals surface area (Å²) in [5.74, 6) is -0.0175. The molecule has 5 heteroatoms. The standard InChI is InChI=1S/C24H31N3O2/c28-23(22-10-5-2-6-11-22)12-13-24(29)25-14-7-15-26-16-18-27(19-17-26)20-21-8-3-1-4-9-21/h1-6,8-11H,7,12-20H2,(H,25,29). The SMILES string of the molecule is O=C(CCC(=O)c1ccccc1)NCCCN1CCN(Cc2ccccc2)CC1. The lowest BCUT2D eigenvalue weighted by Crippen LogP contribution is -2.46. The fourth-order valence-electron chi connectivity index (χ4n) is 3.63. The predicted octanol–water partition coefficient (Wildman–Crippen LogP) is 2.97. The molecule has 0 radical (unpaired) electrons. The van der Waals surface area contributed by atoms with Gasteiger partial charge in [0.1, 0.15) is 0 Å². The lowest BCUT2D eigenvalue weighted by Gasteiger charge is -2.34. The molecule has 0 saturated carbocycles. The van der Waals surface area contributed by atoms with Gasteiger partial charge in [-0.2, -0.15) is 0 Å². The minimum Gasteiger partial charge on any atom is -0.356 e. The summed E-state index contributed by atoms with van der Waals surface area (Å²) in [6, 6.07) is 19.8. The highest BCUT2D eigenvalue weighted by atomic mass is 16.2. The number of amides is 1. The van der Waals surface area contributed by atoms with Gasteiger partial charge in [0.25, 0.3) is 0 Å². The lowest BCUT2D eigenvalue weighted by molar-refractivity contribution is -0.121. The van der Waals surface area contributed by atoms with Crippen LogP contribution in [0.2, 0.25) is 0 Å². The number of rotatable bonds is 10. The first-order valence-electron chi connectivity index (χ1n) is 10.5. The summed E-state index contributed by atoms with van der Waals surface area (Å²) < 4.78 is 0. The van der Waals surface area contributed by atoms with Crippen LogP contribution in [0.25, 0.3) is 0 Å². The van der Waals surface area contributed by atoms with Crippen LogP contribution in [0.1, 0.15) is 35.2 Å². The molecule has 1 aliphatic rings. The van der Waals surface area contributed by atoms with Gasteiger partial charge in [-0.3, -0.25) is 14.5 Å². The normalized spacial score (nSPS) is 15.2. The van der Waals surface area contributed by atoms with Crippen LogP contribution in [0.15, 0.2) is 60.7 Å². The van der Waals surface area contributed by atoms with Gasteiger partial charge in [0.2, 0.25) is 5.91 Å². The highest BCUT2D eigenvalue weighted by molar-refractivity contribution is 5.97. The first-order chi connectivity index (χ1) is 14.2. The van der Waals surface area contributed by atoms with Crippen LogP contribution in [-0.2, 0) is 11.3 Å². The molecule has 1 amide bonds. The van der Waals surface area contributed by atoms with Crippen LogP contribution in [0.4, 0.5) is 0 Å². The summed E-state index contributed by atoms with van der Waals surface area (Å²) in [5, 5.41) is 2.94. The predicted molar refractivity (Wildman–Crippen MR) is 116 cm³/mol. The summed E-state index contributed by atoms with van der Waals surface area (Å²) in [6.45, 7) is 7.02. The van der Waals surface area contributed by atoms with Crippen LogP contribution in [0.5, 0.6) is 0 Å². The Balaban J connectivity index is 1.24. The van der Waals surface area contributed by atoms with Crippen LogP contribution in [0.3, 0.4) is 0 Å². The van der Waals surface area contributed by atoms with E-state index in [2.05, 4.69) is 45.4 Å². The molecule has 0 aliphatic carbocycles. The number of nitrogens with zero attached hydrogens (tertiary/aromatic N) is 2. The van der Waals surface area contributed by atoms with Crippen LogP contribution in [-0.4, -0.2) is 60.8 Å². The maximum Gasteiger partial charge on any atom is 0.220 e. The van der Waals surface area contributed by atoms with Crippen molar-refractivity contribution in [3.63, 3.8) is 0 Å². The minimum atomic E-state index is -0.0399. The molecule has 1 fully saturated rings. The third kappa shape index (κ3) is 7.44. The van der Waals surface area contributed by atoms with Gasteiger partial charge < -0.3 is 10.2 Å². The Kier molecular flexibility index (Phi) is 8.40. The molecule has 2 aromatic rings. The van der Waals surface area contributed by atoms with Gasteiger partial charge in [-0.25, -0.2) is 0 Å². The van der Waals surface area contributed by atoms with Crippen molar-refractivity contribution >= 4 is 11.7 Å². The molecule has 1 heterocycles. The molecule has 0 aromatic heterocycles. The van der Waals surface area contributed by atoms with E-state index >= 15 is 0 Å². The molecule has 0 spiro atoms. The number of Topliss-reactive ketones (excluding diaryl/α,β-unsaturated/α-hetero) is 1. The van der Waals surface area contributed by atoms with E-state index in [0.717, 1.165) is 45.7 Å². The molecule has 29 heavy (non-hydrogen) atoms. The van der Waals surface area contributed by atoms with E-state index in [4.69, 9.17) is 0 Å². The minimum absolute atomic E-state index is 0.0223. The van der Waals surface area contributed by atoms with E-state index in [9.17, 15) is 9.59 Å². The fraction of sp³-hybridized carbons (Fsp3) is 0.417. The average Bonchev–Trinajstić information content (AvgIpc) is 2.77. The van der Waals surface area contributed by atoms with Gasteiger partial charge >= 0.3 is 0 Å². The third-order valence-electron chi connectivity index (χ3n) is 5.36. The van der Waals surface area contributed by atoms with E-state index in [-0.39, 0.29) is 24.5 Å². The highest BCUT2D eigenvalue weighted by Crippen LogP contribution is 2.09. The number of nitrogens with one attached hydrogen (secondary N) is 1. The molecule has 0 bridgehead atoms. The van der Waals surface area contributed by atoms with Crippen LogP contribution >= 0.6 is 0 Å². The van der Waals surface area contributed by atoms with Crippen molar-refractivity contribution in [1.82, 2.24) is 15.1 Å². The highest BCUT2D eigenvalue weighted by Gasteiger charge is 2.16. The van der Waals surface area contributed by atoms with Crippen molar-refractivity contribution < 1.29 is 9.59 Å². The number of piperazine rings is 1. The zero-order chi connectivity index (χ0) is 20.3. The summed E-state index contributed by atoms with van der Waals surface area (Å²) in [5.41, 5.74) is 2.04. The summed E-state index contributed by atoms with van der Waals surface area (Å²) >= 11 is 0. The molecule has 0 atom stereocenters. The van der Waals surface area contributed by atoms with Crippen molar-refractivity contribution in [2.75, 3.05) is 39.3 Å². The maximum absolute atomic E-state index is 12.0. The average molecular weight is 394 g/mol. The molecule has 1 saturated heterocycles. The lowest BCUT2D eigenvalue weighted by atomic mass is 10.1. The zero-order valence-electron chi connectivity index (χ0n) is 17.1. The van der Waals surface area contributed by atoms with E-state index in [1.54, 1.807) is 12.1 Å². The zero-order valence-corrected chi connectivity index (χ0v) is 17.1. The first-order valence-corrected chi connectivity index (χ1v) is 10.5. The molecule has 3 rings (SSSR count). The molecule has 2 aromatic carbocycles. The van der Waals surface area contributed by atoms with Crippen molar-refractivity contribution in [2.45, 2.75) is 25.8 Å². The summed E-state index contributed by atoms with van der Waals surface area (Å²) in [4.78, 5) is 29.0. The van der Waals surface area contributed by atoms with Crippen LogP contribution < -0.4 is 5.32 Å². The Hall–Kier alpha value is -2.50. The Morgan fingerprint density at radius 3 is 2.10 bits per heavy atom. The molecule has 1 aliphatic heterocycles. The molecule has 5 nitrogen and oxygen atoms in total. The van der Waals surface area contributed by atoms with Crippen LogP contribution in [0, 0.1) is 0 Å². The monoisotopic (exact) mass is 393 g/mol. The second kappa shape index (κ2) is 11.5. The maximum atomic E-state index is 12.0. The van der Waals surface area contributed by atoms with Crippen molar-refractivity contribution in [2.24, 2.45) is 0 Å². The quantitative estimate of drug-likeness (QED) is 0.498. The van der Waals surface area contributed by atoms with Crippen molar-refractivity contribution in [3.8, 4) is 0 Å². The van der Waals surface area contributed by atoms with Gasteiger partial charge in [0.15, 0.2) is 5.78 Å². The Morgan fingerprint density at radius 1 is 0.793 bits per heavy atom. The Labute approximate surface area is 173 Å². The van der Waals surface area contributed by atoms with Gasteiger partial charge in [-0.05, 0) is 18.5 Å². The smallest absolute Gasteiger partial charge is 0.220 e. The first kappa shape index (κ1) is 21.2. The summed E-state index contributed by atoms with van der Waals surface area (Å²) in [6.07, 6.45) is 1.46. The van der Waals surface area contributed by atoms with Crippen molar-refractivity contribution in [1.29, 1.82) is 0 Å². The second-order valence-corrected chi connectivity index (χ2v) is 7.60. The Morgan fingerprint density at radius 2 is 1.41 bits per heavy atom. The Bertz CT molecular complexity index is 756. The molecule has 154 valence electrons. The van der Waals surface area contributed by atoms with Gasteiger partial charge in [0, 0.05) is 57.7 Å². The van der Waals surface area contributed by atoms with E-state index in [1.165, 1.54) is 5.56 Å². The number of benzene rings is 2. The number of carbonyl (C=O) groups excluding carboxylic acids is 2. The molecular formula is C24H31N3O2. The van der Waals surface area contributed by atoms with Gasteiger partial charge in [0.05, 0.1) is 0 Å². The third-order valence-corrected chi connectivity index (χ3v) is 5.36. The number of carbonyl (C=O) groups is 2. The van der Waals surface area contributed by atoms with E-state index in [0.29, 0.717) is 12.1 Å². The molecule has 1 N–H and O–H groups in total. The van der Waals surface area contributed by atoms with Gasteiger partial charge in [-0.15, -0.1) is 0 Å². The summed E-state index contributed by atoms with van der Waals surface area (Å²) in [7, 11) is 0. The number of hydrogen-bond acceptors (Lipinski definition) is 4. The van der Waals surface area contributed by atoms with Crippen molar-refractivity contribution in [3.05, 3.63) is 71.8 Å². The number of hydrogen-bond donors (Lipinski definition) is 1. The van der Waals surface area contributed by atoms with E-state index < -0.39 is 0 Å². The largest absolute Gasteiger partial charge is 0.356 e. The topological polar surface area (TPSA) is 52.7 Å². The fourth-order valence-corrected chi connectivity index (χ4v) is 3.63. The van der Waals surface area contributed by atoms with E-state index in [1.807, 2.05) is 18.2 Å².